The van der Waals surface area contributed by atoms with E-state index >= 15 is 0 Å². The maximum Gasteiger partial charge on any atom is 0.244 e. The summed E-state index contributed by atoms with van der Waals surface area (Å²) < 4.78 is 39.2. The van der Waals surface area contributed by atoms with Gasteiger partial charge in [-0.1, -0.05) is 11.8 Å². The lowest BCUT2D eigenvalue weighted by Gasteiger charge is -2.25. The first-order valence-corrected chi connectivity index (χ1v) is 12.6. The van der Waals surface area contributed by atoms with Crippen molar-refractivity contribution in [3.63, 3.8) is 0 Å². The number of pyridine rings is 1. The first kappa shape index (κ1) is 23.9. The van der Waals surface area contributed by atoms with Gasteiger partial charge in [0.1, 0.15) is 4.90 Å². The predicted molar refractivity (Wildman–Crippen MR) is 119 cm³/mol. The summed E-state index contributed by atoms with van der Waals surface area (Å²) >= 11 is 1.31. The summed E-state index contributed by atoms with van der Waals surface area (Å²) in [6.07, 6.45) is 2.25. The van der Waals surface area contributed by atoms with E-state index < -0.39 is 10.0 Å². The zero-order valence-electron chi connectivity index (χ0n) is 18.2. The van der Waals surface area contributed by atoms with Gasteiger partial charge in [0.2, 0.25) is 10.0 Å². The lowest BCUT2D eigenvalue weighted by Crippen LogP contribution is -2.40. The zero-order valence-corrected chi connectivity index (χ0v) is 19.8. The molecule has 0 saturated carbocycles. The van der Waals surface area contributed by atoms with Crippen LogP contribution in [0.15, 0.2) is 34.3 Å². The van der Waals surface area contributed by atoms with Gasteiger partial charge in [-0.15, -0.1) is 0 Å². The summed E-state index contributed by atoms with van der Waals surface area (Å²) in [6, 6.07) is 5.13. The van der Waals surface area contributed by atoms with E-state index in [-0.39, 0.29) is 16.4 Å². The monoisotopic (exact) mass is 467 g/mol. The molecule has 3 heterocycles. The van der Waals surface area contributed by atoms with E-state index in [0.29, 0.717) is 43.5 Å². The number of rotatable bonds is 10. The number of ketones is 1. The maximum atomic E-state index is 12.8. The number of thioether (sulfide) groups is 1. The molecular formula is C21H29N3O5S2. The Balaban J connectivity index is 1.61. The van der Waals surface area contributed by atoms with Gasteiger partial charge in [0.15, 0.2) is 5.78 Å². The molecule has 0 aliphatic carbocycles. The number of morpholine rings is 1. The number of nitrogens with zero attached hydrogens (tertiary/aromatic N) is 3. The van der Waals surface area contributed by atoms with Gasteiger partial charge in [-0.2, -0.15) is 4.31 Å². The van der Waals surface area contributed by atoms with Crippen LogP contribution in [0.5, 0.6) is 0 Å². The minimum absolute atomic E-state index is 0.0305. The van der Waals surface area contributed by atoms with Gasteiger partial charge < -0.3 is 14.0 Å². The van der Waals surface area contributed by atoms with E-state index in [0.717, 1.165) is 24.4 Å². The van der Waals surface area contributed by atoms with Crippen molar-refractivity contribution in [3.05, 3.63) is 41.3 Å². The fourth-order valence-electron chi connectivity index (χ4n) is 3.55. The maximum absolute atomic E-state index is 12.8. The molecule has 2 aromatic heterocycles. The number of sulfonamides is 1. The molecule has 0 radical (unpaired) electrons. The molecule has 1 saturated heterocycles. The van der Waals surface area contributed by atoms with Crippen molar-refractivity contribution in [2.45, 2.75) is 36.7 Å². The van der Waals surface area contributed by atoms with Gasteiger partial charge in [-0.25, -0.2) is 13.4 Å². The molecule has 0 aromatic carbocycles. The molecule has 1 fully saturated rings. The van der Waals surface area contributed by atoms with Crippen LogP contribution in [0.1, 0.15) is 28.2 Å². The van der Waals surface area contributed by atoms with Crippen LogP contribution in [0, 0.1) is 13.8 Å². The van der Waals surface area contributed by atoms with E-state index in [9.17, 15) is 13.2 Å². The van der Waals surface area contributed by atoms with Crippen LogP contribution in [0.2, 0.25) is 0 Å². The molecule has 170 valence electrons. The number of ether oxygens (including phenoxy) is 2. The summed E-state index contributed by atoms with van der Waals surface area (Å²) in [6.45, 7) is 6.94. The molecule has 1 aliphatic rings. The smallest absolute Gasteiger partial charge is 0.244 e. The van der Waals surface area contributed by atoms with E-state index in [2.05, 4.69) is 9.55 Å². The van der Waals surface area contributed by atoms with Crippen LogP contribution in [-0.2, 0) is 26.0 Å². The van der Waals surface area contributed by atoms with Gasteiger partial charge >= 0.3 is 0 Å². The zero-order chi connectivity index (χ0) is 22.4. The first-order valence-electron chi connectivity index (χ1n) is 10.2. The SMILES string of the molecule is COCCCn1c(C)cc(C(=O)CSc2ccc(S(=O)(=O)N3CCOCC3)cn2)c1C. The Morgan fingerprint density at radius 2 is 2.00 bits per heavy atom. The van der Waals surface area contributed by atoms with Crippen LogP contribution in [0.4, 0.5) is 0 Å². The third-order valence-electron chi connectivity index (χ3n) is 5.27. The van der Waals surface area contributed by atoms with Crippen LogP contribution < -0.4 is 0 Å². The second-order valence-electron chi connectivity index (χ2n) is 7.34. The summed E-state index contributed by atoms with van der Waals surface area (Å²) in [7, 11) is -1.89. The summed E-state index contributed by atoms with van der Waals surface area (Å²) in [5, 5.41) is 0.614. The topological polar surface area (TPSA) is 90.7 Å². The molecule has 1 aliphatic heterocycles. The van der Waals surface area contributed by atoms with E-state index in [4.69, 9.17) is 9.47 Å². The van der Waals surface area contributed by atoms with E-state index in [1.807, 2.05) is 19.9 Å². The highest BCUT2D eigenvalue weighted by atomic mass is 32.2. The van der Waals surface area contributed by atoms with Crippen molar-refractivity contribution >= 4 is 27.6 Å². The van der Waals surface area contributed by atoms with E-state index in [1.54, 1.807) is 19.2 Å². The Hall–Kier alpha value is -1.72. The van der Waals surface area contributed by atoms with E-state index in [1.165, 1.54) is 22.3 Å². The number of aryl methyl sites for hydroxylation is 1. The van der Waals surface area contributed by atoms with Crippen molar-refractivity contribution in [2.75, 3.05) is 45.8 Å². The lowest BCUT2D eigenvalue weighted by atomic mass is 10.2. The largest absolute Gasteiger partial charge is 0.385 e. The number of Topliss-reactive ketones (excluding diaryl/α,β-unsaturated/α-hetero) is 1. The molecular weight excluding hydrogens is 438 g/mol. The molecule has 0 bridgehead atoms. The predicted octanol–water partition coefficient (Wildman–Crippen LogP) is 2.53. The minimum Gasteiger partial charge on any atom is -0.385 e. The van der Waals surface area contributed by atoms with Crippen LogP contribution >= 0.6 is 11.8 Å². The van der Waals surface area contributed by atoms with Crippen LogP contribution in [0.3, 0.4) is 0 Å². The van der Waals surface area contributed by atoms with Crippen molar-refractivity contribution < 1.29 is 22.7 Å². The Labute approximate surface area is 188 Å². The van der Waals surface area contributed by atoms with Crippen LogP contribution in [-0.4, -0.2) is 73.8 Å². The number of methoxy groups -OCH3 is 1. The highest BCUT2D eigenvalue weighted by Crippen LogP contribution is 2.23. The minimum atomic E-state index is -3.57. The van der Waals surface area contributed by atoms with Gasteiger partial charge in [-0.05, 0) is 38.5 Å². The van der Waals surface area contributed by atoms with Gasteiger partial charge in [0, 0.05) is 56.5 Å². The third kappa shape index (κ3) is 5.75. The normalized spacial score (nSPS) is 15.3. The Morgan fingerprint density at radius 1 is 1.26 bits per heavy atom. The standard InChI is InChI=1S/C21H29N3O5S2/c1-16-13-19(17(2)24(16)7-4-10-28-3)20(25)15-30-21-6-5-18(14-22-21)31(26,27)23-8-11-29-12-9-23/h5-6,13-14H,4,7-12,15H2,1-3H3. The summed E-state index contributed by atoms with van der Waals surface area (Å²) in [5.74, 6) is 0.271. The van der Waals surface area contributed by atoms with Crippen molar-refractivity contribution in [3.8, 4) is 0 Å². The van der Waals surface area contributed by atoms with Crippen LogP contribution in [0.25, 0.3) is 0 Å². The third-order valence-corrected chi connectivity index (χ3v) is 8.10. The molecule has 0 unspecified atom stereocenters. The highest BCUT2D eigenvalue weighted by molar-refractivity contribution is 7.99. The molecule has 2 aromatic rings. The van der Waals surface area contributed by atoms with Crippen molar-refractivity contribution in [1.29, 1.82) is 0 Å². The number of carbonyl (C=O) groups is 1. The molecule has 3 rings (SSSR count). The lowest BCUT2D eigenvalue weighted by molar-refractivity contribution is 0.0730. The number of carbonyl (C=O) groups excluding carboxylic acids is 1. The van der Waals surface area contributed by atoms with Crippen molar-refractivity contribution in [1.82, 2.24) is 13.9 Å². The second kappa shape index (κ2) is 10.7. The molecule has 0 atom stereocenters. The van der Waals surface area contributed by atoms with Gasteiger partial charge in [-0.3, -0.25) is 4.79 Å². The average molecular weight is 468 g/mol. The van der Waals surface area contributed by atoms with Crippen molar-refractivity contribution in [2.24, 2.45) is 0 Å². The molecule has 31 heavy (non-hydrogen) atoms. The second-order valence-corrected chi connectivity index (χ2v) is 10.3. The fourth-order valence-corrected chi connectivity index (χ4v) is 5.63. The van der Waals surface area contributed by atoms with Gasteiger partial charge in [0.25, 0.3) is 0 Å². The molecule has 0 amide bonds. The summed E-state index contributed by atoms with van der Waals surface area (Å²) in [4.78, 5) is 17.2. The Bertz CT molecular complexity index is 997. The Morgan fingerprint density at radius 3 is 2.65 bits per heavy atom. The molecule has 10 heteroatoms. The quantitative estimate of drug-likeness (QED) is 0.301. The highest BCUT2D eigenvalue weighted by Gasteiger charge is 2.26. The number of hydrogen-bond acceptors (Lipinski definition) is 7. The number of hydrogen-bond donors (Lipinski definition) is 0. The fraction of sp³-hybridized carbons (Fsp3) is 0.524. The first-order chi connectivity index (χ1) is 14.8. The summed E-state index contributed by atoms with van der Waals surface area (Å²) in [5.41, 5.74) is 2.73. The average Bonchev–Trinajstić information content (AvgIpc) is 3.07. The molecule has 0 N–H and O–H groups in total. The Kier molecular flexibility index (Phi) is 8.29. The molecule has 8 nitrogen and oxygen atoms in total. The number of aromatic nitrogens is 2. The molecule has 0 spiro atoms. The van der Waals surface area contributed by atoms with Gasteiger partial charge in [0.05, 0.1) is 24.0 Å².